The van der Waals surface area contributed by atoms with E-state index in [1.165, 1.54) is 12.1 Å². The summed E-state index contributed by atoms with van der Waals surface area (Å²) in [6.45, 7) is 2.70. The molecule has 21 heavy (non-hydrogen) atoms. The van der Waals surface area contributed by atoms with Crippen LogP contribution in [-0.4, -0.2) is 35.7 Å². The van der Waals surface area contributed by atoms with Crippen molar-refractivity contribution in [3.8, 4) is 0 Å². The fourth-order valence-electron chi connectivity index (χ4n) is 2.41. The monoisotopic (exact) mass is 355 g/mol. The lowest BCUT2D eigenvalue weighted by atomic mass is 10.0. The van der Waals surface area contributed by atoms with Crippen molar-refractivity contribution in [2.24, 2.45) is 0 Å². The highest BCUT2D eigenvalue weighted by atomic mass is 79.9. The van der Waals surface area contributed by atoms with Gasteiger partial charge in [0, 0.05) is 22.7 Å². The summed E-state index contributed by atoms with van der Waals surface area (Å²) < 4.78 is 6.15. The van der Waals surface area contributed by atoms with Crippen molar-refractivity contribution in [2.75, 3.05) is 6.61 Å². The zero-order chi connectivity index (χ0) is 15.4. The van der Waals surface area contributed by atoms with Gasteiger partial charge in [0.2, 0.25) is 0 Å². The van der Waals surface area contributed by atoms with Crippen molar-refractivity contribution in [2.45, 2.75) is 38.3 Å². The molecule has 5 nitrogen and oxygen atoms in total. The molecule has 114 valence electrons. The van der Waals surface area contributed by atoms with Crippen molar-refractivity contribution < 1.29 is 19.4 Å². The van der Waals surface area contributed by atoms with E-state index in [0.717, 1.165) is 19.3 Å². The average molecular weight is 356 g/mol. The highest BCUT2D eigenvalue weighted by Crippen LogP contribution is 2.19. The Balaban J connectivity index is 2.08. The number of rotatable bonds is 4. The quantitative estimate of drug-likeness (QED) is 0.870. The minimum atomic E-state index is -1.05. The maximum atomic E-state index is 12.3. The number of carbonyl (C=O) groups is 2. The van der Waals surface area contributed by atoms with Crippen LogP contribution in [-0.2, 0) is 4.74 Å². The molecule has 1 aliphatic rings. The van der Waals surface area contributed by atoms with Crippen molar-refractivity contribution >= 4 is 27.8 Å². The molecule has 2 atom stereocenters. The zero-order valence-electron chi connectivity index (χ0n) is 11.8. The Morgan fingerprint density at radius 2 is 2.10 bits per heavy atom. The van der Waals surface area contributed by atoms with E-state index in [4.69, 9.17) is 9.84 Å². The lowest BCUT2D eigenvalue weighted by molar-refractivity contribution is 0.000622. The van der Waals surface area contributed by atoms with Crippen LogP contribution in [0.25, 0.3) is 0 Å². The molecule has 1 fully saturated rings. The minimum absolute atomic E-state index is 0.0726. The topological polar surface area (TPSA) is 75.6 Å². The smallest absolute Gasteiger partial charge is 0.335 e. The Hall–Kier alpha value is -1.40. The molecule has 1 aromatic rings. The number of benzene rings is 1. The maximum Gasteiger partial charge on any atom is 0.335 e. The Labute approximate surface area is 131 Å². The van der Waals surface area contributed by atoms with E-state index in [1.54, 1.807) is 6.07 Å². The summed E-state index contributed by atoms with van der Waals surface area (Å²) in [5, 5.41) is 12.0. The lowest BCUT2D eigenvalue weighted by Gasteiger charge is -2.29. The van der Waals surface area contributed by atoms with E-state index in [2.05, 4.69) is 28.2 Å². The van der Waals surface area contributed by atoms with Gasteiger partial charge in [-0.25, -0.2) is 4.79 Å². The average Bonchev–Trinajstić information content (AvgIpc) is 2.46. The van der Waals surface area contributed by atoms with Crippen LogP contribution in [0.15, 0.2) is 22.7 Å². The molecular formula is C15H18BrNO4. The van der Waals surface area contributed by atoms with Gasteiger partial charge < -0.3 is 15.2 Å². The van der Waals surface area contributed by atoms with E-state index >= 15 is 0 Å². The van der Waals surface area contributed by atoms with Gasteiger partial charge in [-0.15, -0.1) is 0 Å². The Morgan fingerprint density at radius 1 is 1.38 bits per heavy atom. The number of hydrogen-bond acceptors (Lipinski definition) is 3. The first-order valence-corrected chi connectivity index (χ1v) is 7.75. The molecule has 0 aromatic heterocycles. The number of amides is 1. The SMILES string of the molecule is CCC1CC(NC(=O)c2cc(Br)cc(C(=O)O)c2)CCO1. The van der Waals surface area contributed by atoms with Gasteiger partial charge in [-0.2, -0.15) is 0 Å². The summed E-state index contributed by atoms with van der Waals surface area (Å²) >= 11 is 3.23. The summed E-state index contributed by atoms with van der Waals surface area (Å²) in [5.74, 6) is -1.30. The number of carbonyl (C=O) groups excluding carboxylic acids is 1. The fraction of sp³-hybridized carbons (Fsp3) is 0.467. The van der Waals surface area contributed by atoms with E-state index in [9.17, 15) is 9.59 Å². The normalized spacial score (nSPS) is 21.8. The molecular weight excluding hydrogens is 338 g/mol. The number of carboxylic acid groups (broad SMARTS) is 1. The van der Waals surface area contributed by atoms with E-state index < -0.39 is 5.97 Å². The molecule has 1 amide bonds. The molecule has 0 bridgehead atoms. The maximum absolute atomic E-state index is 12.3. The van der Waals surface area contributed by atoms with Crippen molar-refractivity contribution in [1.29, 1.82) is 0 Å². The number of ether oxygens (including phenoxy) is 1. The van der Waals surface area contributed by atoms with Crippen molar-refractivity contribution in [3.63, 3.8) is 0 Å². The third-order valence-corrected chi connectivity index (χ3v) is 4.02. The van der Waals surface area contributed by atoms with E-state index in [1.807, 2.05) is 0 Å². The Morgan fingerprint density at radius 3 is 2.76 bits per heavy atom. The number of aromatic carboxylic acids is 1. The summed E-state index contributed by atoms with van der Waals surface area (Å²) in [4.78, 5) is 23.3. The third kappa shape index (κ3) is 4.28. The first-order chi connectivity index (χ1) is 9.99. The molecule has 0 saturated carbocycles. The Kier molecular flexibility index (Phi) is 5.36. The van der Waals surface area contributed by atoms with Gasteiger partial charge in [-0.3, -0.25) is 4.79 Å². The Bertz CT molecular complexity index is 546. The summed E-state index contributed by atoms with van der Waals surface area (Å²) in [5.41, 5.74) is 0.439. The molecule has 0 aliphatic carbocycles. The largest absolute Gasteiger partial charge is 0.478 e. The van der Waals surface area contributed by atoms with Crippen LogP contribution < -0.4 is 5.32 Å². The lowest BCUT2D eigenvalue weighted by Crippen LogP contribution is -2.41. The van der Waals surface area contributed by atoms with Gasteiger partial charge in [0.1, 0.15) is 0 Å². The standard InChI is InChI=1S/C15H18BrNO4/c1-2-13-8-12(3-4-21-13)17-14(18)9-5-10(15(19)20)7-11(16)6-9/h5-7,12-13H,2-4,8H2,1H3,(H,17,18)(H,19,20). The fourth-order valence-corrected chi connectivity index (χ4v) is 2.90. The number of nitrogens with one attached hydrogen (secondary N) is 1. The van der Waals surface area contributed by atoms with Gasteiger partial charge in [-0.05, 0) is 37.5 Å². The van der Waals surface area contributed by atoms with Gasteiger partial charge in [-0.1, -0.05) is 22.9 Å². The zero-order valence-corrected chi connectivity index (χ0v) is 13.4. The molecule has 6 heteroatoms. The molecule has 1 aliphatic heterocycles. The van der Waals surface area contributed by atoms with Gasteiger partial charge in [0.25, 0.3) is 5.91 Å². The van der Waals surface area contributed by atoms with Crippen LogP contribution in [0.4, 0.5) is 0 Å². The van der Waals surface area contributed by atoms with E-state index in [-0.39, 0.29) is 23.6 Å². The predicted octanol–water partition coefficient (Wildman–Crippen LogP) is 2.83. The molecule has 0 radical (unpaired) electrons. The first kappa shape index (κ1) is 16.0. The minimum Gasteiger partial charge on any atom is -0.478 e. The molecule has 2 unspecified atom stereocenters. The molecule has 1 saturated heterocycles. The van der Waals surface area contributed by atoms with Crippen LogP contribution in [0.2, 0.25) is 0 Å². The summed E-state index contributed by atoms with van der Waals surface area (Å²) in [6.07, 6.45) is 2.68. The predicted molar refractivity (Wildman–Crippen MR) is 81.6 cm³/mol. The van der Waals surface area contributed by atoms with E-state index in [0.29, 0.717) is 16.6 Å². The molecule has 2 N–H and O–H groups in total. The van der Waals surface area contributed by atoms with Gasteiger partial charge >= 0.3 is 5.97 Å². The van der Waals surface area contributed by atoms with Crippen molar-refractivity contribution in [3.05, 3.63) is 33.8 Å². The number of carboxylic acids is 1. The molecule has 1 heterocycles. The van der Waals surface area contributed by atoms with Crippen molar-refractivity contribution in [1.82, 2.24) is 5.32 Å². The van der Waals surface area contributed by atoms with Gasteiger partial charge in [0.05, 0.1) is 11.7 Å². The second kappa shape index (κ2) is 7.04. The number of halogens is 1. The summed E-state index contributed by atoms with van der Waals surface area (Å²) in [7, 11) is 0. The second-order valence-electron chi connectivity index (χ2n) is 5.13. The third-order valence-electron chi connectivity index (χ3n) is 3.56. The highest BCUT2D eigenvalue weighted by molar-refractivity contribution is 9.10. The first-order valence-electron chi connectivity index (χ1n) is 6.96. The molecule has 0 spiro atoms. The molecule has 2 rings (SSSR count). The second-order valence-corrected chi connectivity index (χ2v) is 6.05. The van der Waals surface area contributed by atoms with Crippen LogP contribution in [0, 0.1) is 0 Å². The van der Waals surface area contributed by atoms with Gasteiger partial charge in [0.15, 0.2) is 0 Å². The number of hydrogen-bond donors (Lipinski definition) is 2. The molecule has 1 aromatic carbocycles. The van der Waals surface area contributed by atoms with Crippen LogP contribution in [0.3, 0.4) is 0 Å². The summed E-state index contributed by atoms with van der Waals surface area (Å²) in [6, 6.07) is 4.56. The van der Waals surface area contributed by atoms with Crippen LogP contribution in [0.5, 0.6) is 0 Å². The van der Waals surface area contributed by atoms with Crippen LogP contribution in [0.1, 0.15) is 46.9 Å². The highest BCUT2D eigenvalue weighted by Gasteiger charge is 2.23. The van der Waals surface area contributed by atoms with Crippen LogP contribution >= 0.6 is 15.9 Å².